The van der Waals surface area contributed by atoms with Gasteiger partial charge in [-0.15, -0.1) is 0 Å². The van der Waals surface area contributed by atoms with E-state index in [1.54, 1.807) is 0 Å². The summed E-state index contributed by atoms with van der Waals surface area (Å²) < 4.78 is 0. The van der Waals surface area contributed by atoms with Crippen molar-refractivity contribution in [2.45, 2.75) is 25.9 Å². The molecule has 1 heterocycles. The van der Waals surface area contributed by atoms with E-state index in [2.05, 4.69) is 65.6 Å². The van der Waals surface area contributed by atoms with Crippen molar-refractivity contribution >= 4 is 0 Å². The molecule has 3 heteroatoms. The van der Waals surface area contributed by atoms with Gasteiger partial charge in [0.15, 0.2) is 0 Å². The lowest BCUT2D eigenvalue weighted by Gasteiger charge is -2.25. The third-order valence-corrected chi connectivity index (χ3v) is 3.51. The molecule has 112 valence electrons. The predicted molar refractivity (Wildman–Crippen MR) is 88.0 cm³/mol. The number of rotatable bonds is 8. The van der Waals surface area contributed by atoms with Gasteiger partial charge in [0.25, 0.3) is 0 Å². The third kappa shape index (κ3) is 5.29. The highest BCUT2D eigenvalue weighted by atomic mass is 15.1. The monoisotopic (exact) mass is 283 g/mol. The van der Waals surface area contributed by atoms with Gasteiger partial charge in [0.1, 0.15) is 0 Å². The minimum Gasteiger partial charge on any atom is -0.309 e. The van der Waals surface area contributed by atoms with Crippen LogP contribution >= 0.6 is 0 Å². The maximum atomic E-state index is 4.18. The van der Waals surface area contributed by atoms with Crippen LogP contribution in [0, 0.1) is 0 Å². The molecule has 1 atom stereocenters. The van der Waals surface area contributed by atoms with E-state index >= 15 is 0 Å². The summed E-state index contributed by atoms with van der Waals surface area (Å²) in [6, 6.07) is 15.2. The highest BCUT2D eigenvalue weighted by Gasteiger charge is 2.13. The number of pyridine rings is 1. The van der Waals surface area contributed by atoms with Crippen LogP contribution in [0.3, 0.4) is 0 Å². The molecule has 1 aromatic heterocycles. The fourth-order valence-electron chi connectivity index (χ4n) is 2.47. The van der Waals surface area contributed by atoms with Crippen LogP contribution in [-0.2, 0) is 6.54 Å². The van der Waals surface area contributed by atoms with Gasteiger partial charge >= 0.3 is 0 Å². The minimum atomic E-state index is 0.368. The lowest BCUT2D eigenvalue weighted by atomic mass is 10.1. The third-order valence-electron chi connectivity index (χ3n) is 3.51. The molecule has 3 nitrogen and oxygen atoms in total. The summed E-state index contributed by atoms with van der Waals surface area (Å²) in [5.41, 5.74) is 2.60. The fourth-order valence-corrected chi connectivity index (χ4v) is 2.47. The standard InChI is InChI=1S/C18H25N3/c1-3-11-20-18(17-9-5-4-6-10-17)15-21(2)14-16-8-7-12-19-13-16/h4-10,12-13,18,20H,3,11,14-15H2,1-2H3. The molecular formula is C18H25N3. The molecule has 0 spiro atoms. The molecule has 0 aliphatic heterocycles. The lowest BCUT2D eigenvalue weighted by molar-refractivity contribution is 0.283. The Balaban J connectivity index is 1.97. The van der Waals surface area contributed by atoms with E-state index in [4.69, 9.17) is 0 Å². The summed E-state index contributed by atoms with van der Waals surface area (Å²) in [6.07, 6.45) is 4.90. The molecule has 21 heavy (non-hydrogen) atoms. The maximum Gasteiger partial charge on any atom is 0.0449 e. The number of benzene rings is 1. The van der Waals surface area contributed by atoms with Crippen LogP contribution in [0.25, 0.3) is 0 Å². The molecule has 0 bridgehead atoms. The van der Waals surface area contributed by atoms with Crippen molar-refractivity contribution in [1.82, 2.24) is 15.2 Å². The Labute approximate surface area is 128 Å². The van der Waals surface area contributed by atoms with E-state index in [-0.39, 0.29) is 0 Å². The van der Waals surface area contributed by atoms with Gasteiger partial charge in [0.2, 0.25) is 0 Å². The molecule has 0 aliphatic carbocycles. The van der Waals surface area contributed by atoms with Gasteiger partial charge in [-0.1, -0.05) is 43.3 Å². The first kappa shape index (κ1) is 15.7. The Hall–Kier alpha value is -1.71. The van der Waals surface area contributed by atoms with Gasteiger partial charge in [0, 0.05) is 31.5 Å². The first-order valence-corrected chi connectivity index (χ1v) is 7.65. The molecule has 2 rings (SSSR count). The quantitative estimate of drug-likeness (QED) is 0.806. The van der Waals surface area contributed by atoms with E-state index in [1.165, 1.54) is 11.1 Å². The molecule has 0 saturated carbocycles. The second-order valence-corrected chi connectivity index (χ2v) is 5.48. The summed E-state index contributed by atoms with van der Waals surface area (Å²) in [5, 5.41) is 3.65. The summed E-state index contributed by atoms with van der Waals surface area (Å²) in [4.78, 5) is 6.53. The number of nitrogens with zero attached hydrogens (tertiary/aromatic N) is 2. The second kappa shape index (κ2) is 8.55. The van der Waals surface area contributed by atoms with Crippen molar-refractivity contribution in [3.63, 3.8) is 0 Å². The van der Waals surface area contributed by atoms with Gasteiger partial charge in [-0.3, -0.25) is 4.98 Å². The van der Waals surface area contributed by atoms with Gasteiger partial charge in [-0.2, -0.15) is 0 Å². The fraction of sp³-hybridized carbons (Fsp3) is 0.389. The lowest BCUT2D eigenvalue weighted by Crippen LogP contribution is -2.33. The van der Waals surface area contributed by atoms with Crippen molar-refractivity contribution in [2.24, 2.45) is 0 Å². The molecule has 0 radical (unpaired) electrons. The second-order valence-electron chi connectivity index (χ2n) is 5.48. The molecule has 0 aliphatic rings. The molecule has 1 aromatic carbocycles. The highest BCUT2D eigenvalue weighted by Crippen LogP contribution is 2.15. The Morgan fingerprint density at radius 1 is 1.14 bits per heavy atom. The summed E-state index contributed by atoms with van der Waals surface area (Å²) in [5.74, 6) is 0. The van der Waals surface area contributed by atoms with Crippen LogP contribution in [0.1, 0.15) is 30.5 Å². The van der Waals surface area contributed by atoms with Crippen molar-refractivity contribution in [3.05, 3.63) is 66.0 Å². The summed E-state index contributed by atoms with van der Waals surface area (Å²) in [6.45, 7) is 5.15. The molecule has 1 unspecified atom stereocenters. The minimum absolute atomic E-state index is 0.368. The van der Waals surface area contributed by atoms with Gasteiger partial charge in [0.05, 0.1) is 0 Å². The van der Waals surface area contributed by atoms with Crippen LogP contribution in [0.15, 0.2) is 54.9 Å². The number of hydrogen-bond donors (Lipinski definition) is 1. The Morgan fingerprint density at radius 3 is 2.62 bits per heavy atom. The van der Waals surface area contributed by atoms with E-state index in [1.807, 2.05) is 18.5 Å². The van der Waals surface area contributed by atoms with Crippen LogP contribution in [-0.4, -0.2) is 30.0 Å². The summed E-state index contributed by atoms with van der Waals surface area (Å²) in [7, 11) is 2.16. The largest absolute Gasteiger partial charge is 0.309 e. The van der Waals surface area contributed by atoms with Crippen LogP contribution in [0.2, 0.25) is 0 Å². The SMILES string of the molecule is CCCNC(CN(C)Cc1cccnc1)c1ccccc1. The van der Waals surface area contributed by atoms with Crippen LogP contribution in [0.5, 0.6) is 0 Å². The zero-order chi connectivity index (χ0) is 14.9. The van der Waals surface area contributed by atoms with E-state index in [0.29, 0.717) is 6.04 Å². The maximum absolute atomic E-state index is 4.18. The number of likely N-dealkylation sites (N-methyl/N-ethyl adjacent to an activating group) is 1. The van der Waals surface area contributed by atoms with Gasteiger partial charge in [-0.25, -0.2) is 0 Å². The highest BCUT2D eigenvalue weighted by molar-refractivity contribution is 5.19. The zero-order valence-electron chi connectivity index (χ0n) is 13.0. The van der Waals surface area contributed by atoms with E-state index < -0.39 is 0 Å². The predicted octanol–water partition coefficient (Wildman–Crippen LogP) is 3.25. The molecule has 1 N–H and O–H groups in total. The normalized spacial score (nSPS) is 12.5. The van der Waals surface area contributed by atoms with Crippen LogP contribution < -0.4 is 5.32 Å². The Morgan fingerprint density at radius 2 is 1.95 bits per heavy atom. The first-order valence-electron chi connectivity index (χ1n) is 7.65. The molecule has 0 amide bonds. The number of nitrogens with one attached hydrogen (secondary N) is 1. The Kier molecular flexibility index (Phi) is 6.38. The van der Waals surface area contributed by atoms with Crippen molar-refractivity contribution < 1.29 is 0 Å². The Bertz CT molecular complexity index is 498. The average molecular weight is 283 g/mol. The molecule has 0 fully saturated rings. The molecular weight excluding hydrogens is 258 g/mol. The first-order chi connectivity index (χ1) is 10.3. The summed E-state index contributed by atoms with van der Waals surface area (Å²) >= 11 is 0. The zero-order valence-corrected chi connectivity index (χ0v) is 13.0. The van der Waals surface area contributed by atoms with Crippen molar-refractivity contribution in [1.29, 1.82) is 0 Å². The van der Waals surface area contributed by atoms with E-state index in [0.717, 1.165) is 26.1 Å². The topological polar surface area (TPSA) is 28.2 Å². The average Bonchev–Trinajstić information content (AvgIpc) is 2.53. The van der Waals surface area contributed by atoms with Gasteiger partial charge < -0.3 is 10.2 Å². The van der Waals surface area contributed by atoms with Crippen molar-refractivity contribution in [2.75, 3.05) is 20.1 Å². The smallest absolute Gasteiger partial charge is 0.0449 e. The van der Waals surface area contributed by atoms with Crippen LogP contribution in [0.4, 0.5) is 0 Å². The van der Waals surface area contributed by atoms with Gasteiger partial charge in [-0.05, 0) is 37.2 Å². The number of hydrogen-bond acceptors (Lipinski definition) is 3. The van der Waals surface area contributed by atoms with Crippen molar-refractivity contribution in [3.8, 4) is 0 Å². The van der Waals surface area contributed by atoms with E-state index in [9.17, 15) is 0 Å². The molecule has 2 aromatic rings. The number of aromatic nitrogens is 1. The molecule has 0 saturated heterocycles.